The van der Waals surface area contributed by atoms with E-state index in [1.54, 1.807) is 25.2 Å². The van der Waals surface area contributed by atoms with Crippen molar-refractivity contribution in [1.82, 2.24) is 19.2 Å². The number of methoxy groups -OCH3 is 1. The van der Waals surface area contributed by atoms with E-state index in [0.717, 1.165) is 21.8 Å². The van der Waals surface area contributed by atoms with Gasteiger partial charge in [-0.25, -0.2) is 0 Å². The predicted octanol–water partition coefficient (Wildman–Crippen LogP) is 2.34. The van der Waals surface area contributed by atoms with Crippen LogP contribution in [0.4, 0.5) is 0 Å². The van der Waals surface area contributed by atoms with Crippen LogP contribution in [0, 0.1) is 11.3 Å². The molecule has 6 nitrogen and oxygen atoms in total. The zero-order valence-corrected chi connectivity index (χ0v) is 13.0. The Bertz CT molecular complexity index is 817. The topological polar surface area (TPSA) is 68.1 Å². The molecule has 3 aromatic heterocycles. The van der Waals surface area contributed by atoms with E-state index in [0.29, 0.717) is 18.9 Å². The minimum atomic E-state index is 0.616. The maximum atomic E-state index is 9.41. The second kappa shape index (κ2) is 6.64. The summed E-state index contributed by atoms with van der Waals surface area (Å²) in [4.78, 5) is 0. The average molecular weight is 313 g/mol. The average Bonchev–Trinajstić information content (AvgIpc) is 3.14. The molecule has 0 spiro atoms. The minimum absolute atomic E-state index is 0.616. The Kier molecular flexibility index (Phi) is 4.42. The van der Waals surface area contributed by atoms with Gasteiger partial charge in [-0.1, -0.05) is 17.8 Å². The molecule has 0 aliphatic carbocycles. The van der Waals surface area contributed by atoms with Crippen molar-refractivity contribution in [3.8, 4) is 6.07 Å². The van der Waals surface area contributed by atoms with Crippen LogP contribution in [-0.4, -0.2) is 32.9 Å². The summed E-state index contributed by atoms with van der Waals surface area (Å²) < 4.78 is 9.01. The van der Waals surface area contributed by atoms with Gasteiger partial charge in [-0.15, -0.1) is 10.2 Å². The highest BCUT2D eigenvalue weighted by Crippen LogP contribution is 2.25. The van der Waals surface area contributed by atoms with E-state index >= 15 is 0 Å². The first kappa shape index (κ1) is 14.6. The van der Waals surface area contributed by atoms with Gasteiger partial charge >= 0.3 is 0 Å². The summed E-state index contributed by atoms with van der Waals surface area (Å²) in [5, 5.41) is 18.3. The molecule has 0 bridgehead atoms. The normalized spacial score (nSPS) is 10.9. The molecule has 0 saturated heterocycles. The molecule has 0 saturated carbocycles. The van der Waals surface area contributed by atoms with E-state index in [-0.39, 0.29) is 0 Å². The molecule has 0 atom stereocenters. The Morgan fingerprint density at radius 2 is 2.32 bits per heavy atom. The Hall–Kier alpha value is -2.30. The molecule has 22 heavy (non-hydrogen) atoms. The highest BCUT2D eigenvalue weighted by Gasteiger charge is 2.12. The van der Waals surface area contributed by atoms with Crippen LogP contribution in [0.5, 0.6) is 0 Å². The zero-order chi connectivity index (χ0) is 15.4. The number of nitriles is 1. The van der Waals surface area contributed by atoms with Gasteiger partial charge in [0.1, 0.15) is 12.4 Å². The highest BCUT2D eigenvalue weighted by atomic mass is 32.2. The van der Waals surface area contributed by atoms with Crippen molar-refractivity contribution in [2.24, 2.45) is 0 Å². The van der Waals surface area contributed by atoms with Gasteiger partial charge in [0, 0.05) is 31.8 Å². The van der Waals surface area contributed by atoms with Crippen molar-refractivity contribution in [1.29, 1.82) is 5.26 Å². The lowest BCUT2D eigenvalue weighted by Gasteiger charge is -2.04. The first-order valence-electron chi connectivity index (χ1n) is 6.81. The van der Waals surface area contributed by atoms with E-state index in [1.165, 1.54) is 0 Å². The maximum absolute atomic E-state index is 9.41. The van der Waals surface area contributed by atoms with Gasteiger partial charge in [0.2, 0.25) is 0 Å². The summed E-state index contributed by atoms with van der Waals surface area (Å²) in [6, 6.07) is 8.14. The molecule has 0 radical (unpaired) electrons. The summed E-state index contributed by atoms with van der Waals surface area (Å²) in [7, 11) is 1.67. The quantitative estimate of drug-likeness (QED) is 0.653. The van der Waals surface area contributed by atoms with Crippen molar-refractivity contribution in [2.45, 2.75) is 17.5 Å². The lowest BCUT2D eigenvalue weighted by molar-refractivity contribution is 0.184. The Morgan fingerprint density at radius 3 is 3.14 bits per heavy atom. The maximum Gasteiger partial charge on any atom is 0.191 e. The van der Waals surface area contributed by atoms with E-state index in [1.807, 2.05) is 39.6 Å². The molecule has 7 heteroatoms. The predicted molar refractivity (Wildman–Crippen MR) is 83.6 cm³/mol. The third kappa shape index (κ3) is 2.84. The Morgan fingerprint density at radius 1 is 1.41 bits per heavy atom. The number of fused-ring (bicyclic) bond motifs is 1. The molecule has 0 N–H and O–H groups in total. The largest absolute Gasteiger partial charge is 0.383 e. The second-order valence-electron chi connectivity index (χ2n) is 4.72. The Balaban J connectivity index is 1.80. The summed E-state index contributed by atoms with van der Waals surface area (Å²) in [6.07, 6.45) is 5.64. The molecule has 0 fully saturated rings. The summed E-state index contributed by atoms with van der Waals surface area (Å²) in [6.45, 7) is 1.33. The van der Waals surface area contributed by atoms with Crippen molar-refractivity contribution in [2.75, 3.05) is 13.7 Å². The fourth-order valence-electron chi connectivity index (χ4n) is 2.26. The van der Waals surface area contributed by atoms with Crippen LogP contribution in [-0.2, 0) is 17.0 Å². The standard InChI is InChI=1S/C15H15N5OS/c1-21-7-6-20-11-17-18-15(20)22-10-12-9-19-5-3-2-4-14(19)13(12)8-16/h2-5,9,11H,6-7,10H2,1H3. The van der Waals surface area contributed by atoms with Gasteiger partial charge in [0.05, 0.1) is 17.7 Å². The van der Waals surface area contributed by atoms with Gasteiger partial charge in [-0.2, -0.15) is 5.26 Å². The lowest BCUT2D eigenvalue weighted by Crippen LogP contribution is -2.04. The number of ether oxygens (including phenoxy) is 1. The van der Waals surface area contributed by atoms with Crippen LogP contribution in [0.3, 0.4) is 0 Å². The van der Waals surface area contributed by atoms with Gasteiger partial charge < -0.3 is 13.7 Å². The molecule has 3 aromatic rings. The summed E-state index contributed by atoms with van der Waals surface area (Å²) in [5.74, 6) is 0.677. The van der Waals surface area contributed by atoms with Gasteiger partial charge in [0.25, 0.3) is 0 Å². The number of thioether (sulfide) groups is 1. The van der Waals surface area contributed by atoms with E-state index < -0.39 is 0 Å². The molecule has 3 heterocycles. The summed E-state index contributed by atoms with van der Waals surface area (Å²) >= 11 is 1.57. The summed E-state index contributed by atoms with van der Waals surface area (Å²) in [5.41, 5.74) is 2.65. The molecule has 0 amide bonds. The van der Waals surface area contributed by atoms with Crippen LogP contribution in [0.25, 0.3) is 5.52 Å². The number of hydrogen-bond acceptors (Lipinski definition) is 5. The molecule has 0 aliphatic heterocycles. The van der Waals surface area contributed by atoms with Crippen molar-refractivity contribution in [3.63, 3.8) is 0 Å². The molecule has 0 unspecified atom stereocenters. The smallest absolute Gasteiger partial charge is 0.191 e. The van der Waals surface area contributed by atoms with Gasteiger partial charge in [0.15, 0.2) is 5.16 Å². The number of nitrogens with zero attached hydrogens (tertiary/aromatic N) is 5. The Labute approximate surface area is 132 Å². The lowest BCUT2D eigenvalue weighted by atomic mass is 10.2. The first-order chi connectivity index (χ1) is 10.8. The molecule has 3 rings (SSSR count). The fraction of sp³-hybridized carbons (Fsp3) is 0.267. The van der Waals surface area contributed by atoms with Crippen LogP contribution < -0.4 is 0 Å². The molecule has 0 aromatic carbocycles. The fourth-order valence-corrected chi connectivity index (χ4v) is 3.17. The number of aromatic nitrogens is 4. The zero-order valence-electron chi connectivity index (χ0n) is 12.1. The van der Waals surface area contributed by atoms with Crippen LogP contribution in [0.15, 0.2) is 42.1 Å². The molecule has 0 aliphatic rings. The molecule has 112 valence electrons. The minimum Gasteiger partial charge on any atom is -0.383 e. The second-order valence-corrected chi connectivity index (χ2v) is 5.67. The molecular formula is C15H15N5OS. The van der Waals surface area contributed by atoms with Gasteiger partial charge in [-0.3, -0.25) is 0 Å². The van der Waals surface area contributed by atoms with Crippen molar-refractivity contribution >= 4 is 17.3 Å². The number of rotatable bonds is 6. The monoisotopic (exact) mass is 313 g/mol. The van der Waals surface area contributed by atoms with Crippen LogP contribution in [0.1, 0.15) is 11.1 Å². The third-order valence-electron chi connectivity index (χ3n) is 3.35. The van der Waals surface area contributed by atoms with E-state index in [4.69, 9.17) is 4.74 Å². The number of pyridine rings is 1. The van der Waals surface area contributed by atoms with E-state index in [2.05, 4.69) is 16.3 Å². The van der Waals surface area contributed by atoms with Crippen molar-refractivity contribution < 1.29 is 4.74 Å². The van der Waals surface area contributed by atoms with E-state index in [9.17, 15) is 5.26 Å². The third-order valence-corrected chi connectivity index (χ3v) is 4.38. The van der Waals surface area contributed by atoms with Gasteiger partial charge in [-0.05, 0) is 17.7 Å². The number of hydrogen-bond donors (Lipinski definition) is 0. The van der Waals surface area contributed by atoms with Crippen molar-refractivity contribution in [3.05, 3.63) is 48.0 Å². The van der Waals surface area contributed by atoms with Crippen LogP contribution >= 0.6 is 11.8 Å². The SMILES string of the molecule is COCCn1cnnc1SCc1cn2ccccc2c1C#N. The highest BCUT2D eigenvalue weighted by molar-refractivity contribution is 7.98. The first-order valence-corrected chi connectivity index (χ1v) is 7.80. The molecular weight excluding hydrogens is 298 g/mol. The van der Waals surface area contributed by atoms with Crippen LogP contribution in [0.2, 0.25) is 0 Å².